The molecule has 1 saturated heterocycles. The first-order valence-corrected chi connectivity index (χ1v) is 10.6. The fraction of sp³-hybridized carbons (Fsp3) is 0.261. The quantitative estimate of drug-likeness (QED) is 0.439. The highest BCUT2D eigenvalue weighted by Gasteiger charge is 2.16. The Morgan fingerprint density at radius 2 is 1.70 bits per heavy atom. The molecule has 0 radical (unpaired) electrons. The van der Waals surface area contributed by atoms with Gasteiger partial charge in [-0.15, -0.1) is 0 Å². The first kappa shape index (κ1) is 18.5. The highest BCUT2D eigenvalue weighted by Crippen LogP contribution is 2.28. The minimum absolute atomic E-state index is 0.541. The third kappa shape index (κ3) is 4.33. The van der Waals surface area contributed by atoms with Crippen molar-refractivity contribution in [3.8, 4) is 5.75 Å². The Hall–Kier alpha value is -1.91. The maximum absolute atomic E-state index is 6.05. The van der Waals surface area contributed by atoms with E-state index in [-0.39, 0.29) is 0 Å². The molecule has 0 bridgehead atoms. The van der Waals surface area contributed by atoms with E-state index < -0.39 is 0 Å². The van der Waals surface area contributed by atoms with E-state index in [4.69, 9.17) is 17.0 Å². The summed E-state index contributed by atoms with van der Waals surface area (Å²) in [4.78, 5) is 3.26. The first-order valence-electron chi connectivity index (χ1n) is 9.40. The SMILES string of the molecule is S=C(c1ccc(OCc2ccc3ccccc3c2)c(Br)c1)N1CCCCC1. The van der Waals surface area contributed by atoms with Gasteiger partial charge in [-0.1, -0.05) is 48.6 Å². The third-order valence-corrected chi connectivity index (χ3v) is 6.14. The van der Waals surface area contributed by atoms with Crippen LogP contribution in [0.4, 0.5) is 0 Å². The molecular formula is C23H22BrNOS. The number of rotatable bonds is 4. The van der Waals surface area contributed by atoms with Crippen LogP contribution in [0.2, 0.25) is 0 Å². The number of hydrogen-bond donors (Lipinski definition) is 0. The lowest BCUT2D eigenvalue weighted by atomic mass is 10.1. The molecule has 138 valence electrons. The van der Waals surface area contributed by atoms with Gasteiger partial charge in [-0.05, 0) is 75.8 Å². The minimum Gasteiger partial charge on any atom is -0.488 e. The Kier molecular flexibility index (Phi) is 5.74. The Morgan fingerprint density at radius 3 is 2.48 bits per heavy atom. The van der Waals surface area contributed by atoms with Crippen LogP contribution in [0.3, 0.4) is 0 Å². The largest absolute Gasteiger partial charge is 0.488 e. The van der Waals surface area contributed by atoms with Crippen LogP contribution >= 0.6 is 28.1 Å². The number of nitrogens with zero attached hydrogens (tertiary/aromatic N) is 1. The van der Waals surface area contributed by atoms with Gasteiger partial charge in [0.1, 0.15) is 17.3 Å². The fourth-order valence-corrected chi connectivity index (χ4v) is 4.32. The fourth-order valence-electron chi connectivity index (χ4n) is 3.52. The van der Waals surface area contributed by atoms with Crippen LogP contribution in [0.1, 0.15) is 30.4 Å². The minimum atomic E-state index is 0.541. The molecule has 1 aliphatic heterocycles. The van der Waals surface area contributed by atoms with Gasteiger partial charge in [-0.25, -0.2) is 0 Å². The molecule has 0 aromatic heterocycles. The van der Waals surface area contributed by atoms with E-state index in [1.165, 1.54) is 30.0 Å². The zero-order valence-electron chi connectivity index (χ0n) is 15.2. The normalized spacial score (nSPS) is 14.3. The smallest absolute Gasteiger partial charge is 0.134 e. The standard InChI is InChI=1S/C23H22BrNOS/c24-21-15-20(23(27)25-12-4-1-5-13-25)10-11-22(21)26-16-17-8-9-18-6-2-3-7-19(18)14-17/h2-3,6-11,14-15H,1,4-5,12-13,16H2. The molecule has 2 nitrogen and oxygen atoms in total. The van der Waals surface area contributed by atoms with Crippen molar-refractivity contribution in [2.75, 3.05) is 13.1 Å². The molecule has 27 heavy (non-hydrogen) atoms. The molecule has 3 aromatic carbocycles. The molecule has 0 unspecified atom stereocenters. The predicted octanol–water partition coefficient (Wildman–Crippen LogP) is 6.34. The van der Waals surface area contributed by atoms with Gasteiger partial charge in [0, 0.05) is 18.7 Å². The van der Waals surface area contributed by atoms with Crippen molar-refractivity contribution in [2.24, 2.45) is 0 Å². The monoisotopic (exact) mass is 439 g/mol. The lowest BCUT2D eigenvalue weighted by Gasteiger charge is -2.29. The number of likely N-dealkylation sites (tertiary alicyclic amines) is 1. The van der Waals surface area contributed by atoms with E-state index in [0.29, 0.717) is 6.61 Å². The second kappa shape index (κ2) is 8.41. The van der Waals surface area contributed by atoms with Crippen LogP contribution in [0.5, 0.6) is 5.75 Å². The highest BCUT2D eigenvalue weighted by molar-refractivity contribution is 9.10. The van der Waals surface area contributed by atoms with Crippen LogP contribution in [-0.2, 0) is 6.61 Å². The molecule has 0 saturated carbocycles. The second-order valence-electron chi connectivity index (χ2n) is 6.97. The van der Waals surface area contributed by atoms with Gasteiger partial charge in [0.25, 0.3) is 0 Å². The van der Waals surface area contributed by atoms with Crippen molar-refractivity contribution in [3.05, 3.63) is 76.3 Å². The maximum Gasteiger partial charge on any atom is 0.134 e. The van der Waals surface area contributed by atoms with E-state index in [1.54, 1.807) is 0 Å². The molecule has 0 N–H and O–H groups in total. The molecular weight excluding hydrogens is 418 g/mol. The number of fused-ring (bicyclic) bond motifs is 1. The summed E-state index contributed by atoms with van der Waals surface area (Å²) in [6, 6.07) is 21.0. The van der Waals surface area contributed by atoms with Gasteiger partial charge in [-0.2, -0.15) is 0 Å². The molecule has 1 aliphatic rings. The van der Waals surface area contributed by atoms with Crippen LogP contribution in [0.25, 0.3) is 10.8 Å². The van der Waals surface area contributed by atoms with Crippen molar-refractivity contribution in [3.63, 3.8) is 0 Å². The molecule has 0 atom stereocenters. The molecule has 4 rings (SSSR count). The van der Waals surface area contributed by atoms with E-state index >= 15 is 0 Å². The number of thiocarbonyl (C=S) groups is 1. The van der Waals surface area contributed by atoms with Gasteiger partial charge < -0.3 is 9.64 Å². The summed E-state index contributed by atoms with van der Waals surface area (Å²) in [6.45, 7) is 2.67. The van der Waals surface area contributed by atoms with Gasteiger partial charge in [0.05, 0.1) is 4.47 Å². The molecule has 0 spiro atoms. The summed E-state index contributed by atoms with van der Waals surface area (Å²) in [5.41, 5.74) is 2.24. The van der Waals surface area contributed by atoms with Crippen molar-refractivity contribution >= 4 is 43.9 Å². The van der Waals surface area contributed by atoms with E-state index in [1.807, 2.05) is 6.07 Å². The molecule has 0 amide bonds. The summed E-state index contributed by atoms with van der Waals surface area (Å²) in [7, 11) is 0. The second-order valence-corrected chi connectivity index (χ2v) is 8.21. The van der Waals surface area contributed by atoms with Gasteiger partial charge >= 0.3 is 0 Å². The first-order chi connectivity index (χ1) is 13.2. The Bertz CT molecular complexity index is 966. The average Bonchev–Trinajstić information content (AvgIpc) is 2.73. The van der Waals surface area contributed by atoms with Crippen molar-refractivity contribution < 1.29 is 4.74 Å². The zero-order chi connectivity index (χ0) is 18.6. The number of piperidine rings is 1. The van der Waals surface area contributed by atoms with E-state index in [2.05, 4.69) is 75.4 Å². The third-order valence-electron chi connectivity index (χ3n) is 5.03. The Morgan fingerprint density at radius 1 is 0.926 bits per heavy atom. The average molecular weight is 440 g/mol. The van der Waals surface area contributed by atoms with E-state index in [0.717, 1.165) is 39.4 Å². The number of hydrogen-bond acceptors (Lipinski definition) is 2. The zero-order valence-corrected chi connectivity index (χ0v) is 17.6. The summed E-state index contributed by atoms with van der Waals surface area (Å²) < 4.78 is 6.99. The Balaban J connectivity index is 1.45. The molecule has 3 aromatic rings. The van der Waals surface area contributed by atoms with Crippen molar-refractivity contribution in [1.82, 2.24) is 4.90 Å². The topological polar surface area (TPSA) is 12.5 Å². The summed E-state index contributed by atoms with van der Waals surface area (Å²) in [5.74, 6) is 0.841. The molecule has 4 heteroatoms. The van der Waals surface area contributed by atoms with Crippen LogP contribution in [-0.4, -0.2) is 23.0 Å². The summed E-state index contributed by atoms with van der Waals surface area (Å²) in [5, 5.41) is 2.48. The number of halogens is 1. The van der Waals surface area contributed by atoms with Crippen molar-refractivity contribution in [2.45, 2.75) is 25.9 Å². The van der Waals surface area contributed by atoms with Crippen LogP contribution in [0.15, 0.2) is 65.1 Å². The van der Waals surface area contributed by atoms with Gasteiger partial charge in [0.15, 0.2) is 0 Å². The number of ether oxygens (including phenoxy) is 1. The number of benzene rings is 3. The summed E-state index contributed by atoms with van der Waals surface area (Å²) >= 11 is 9.34. The van der Waals surface area contributed by atoms with E-state index in [9.17, 15) is 0 Å². The highest BCUT2D eigenvalue weighted by atomic mass is 79.9. The predicted molar refractivity (Wildman–Crippen MR) is 120 cm³/mol. The van der Waals surface area contributed by atoms with Crippen molar-refractivity contribution in [1.29, 1.82) is 0 Å². The van der Waals surface area contributed by atoms with Gasteiger partial charge in [0.2, 0.25) is 0 Å². The van der Waals surface area contributed by atoms with Gasteiger partial charge in [-0.3, -0.25) is 0 Å². The molecule has 1 fully saturated rings. The van der Waals surface area contributed by atoms with Crippen LogP contribution in [0, 0.1) is 0 Å². The molecule has 0 aliphatic carbocycles. The maximum atomic E-state index is 6.05. The summed E-state index contributed by atoms with van der Waals surface area (Å²) in [6.07, 6.45) is 3.77. The Labute approximate surface area is 174 Å². The lowest BCUT2D eigenvalue weighted by molar-refractivity contribution is 0.304. The lowest BCUT2D eigenvalue weighted by Crippen LogP contribution is -2.34. The van der Waals surface area contributed by atoms with Crippen LogP contribution < -0.4 is 4.74 Å². The molecule has 1 heterocycles.